The highest BCUT2D eigenvalue weighted by molar-refractivity contribution is 6.03. The summed E-state index contributed by atoms with van der Waals surface area (Å²) in [5.74, 6) is 0.180. The molecular weight excluding hydrogens is 504 g/mol. The van der Waals surface area contributed by atoms with Gasteiger partial charge in [0.25, 0.3) is 0 Å². The fourth-order valence-corrected chi connectivity index (χ4v) is 5.22. The van der Waals surface area contributed by atoms with Gasteiger partial charge in [0.15, 0.2) is 11.5 Å². The molecule has 0 aliphatic carbocycles. The second kappa shape index (κ2) is 9.71. The molecule has 1 N–H and O–H groups in total. The topological polar surface area (TPSA) is 111 Å². The maximum atomic E-state index is 13.4. The van der Waals surface area contributed by atoms with Gasteiger partial charge in [-0.25, -0.2) is 14.6 Å². The second-order valence-corrected chi connectivity index (χ2v) is 10.5. The standard InChI is InChI=1S/C30H30N8O2/c1-17-6-9-25(20(4)10-17)37-28-24(14-33-37)29(32-16-31-28)38-26(12-21(5)35-38)34-30(40)22-13-27(39)36(15-22)23-8-7-18(2)19(3)11-23/h6-12,14,16,22H,13,15H2,1-5H3,(H,34,40). The van der Waals surface area contributed by atoms with Crippen LogP contribution in [0.1, 0.15) is 34.4 Å². The van der Waals surface area contributed by atoms with Gasteiger partial charge in [0, 0.05) is 24.7 Å². The summed E-state index contributed by atoms with van der Waals surface area (Å²) in [6.07, 6.45) is 3.33. The second-order valence-electron chi connectivity index (χ2n) is 10.5. The molecule has 202 valence electrons. The van der Waals surface area contributed by atoms with E-state index in [0.29, 0.717) is 34.9 Å². The number of carbonyl (C=O) groups is 2. The summed E-state index contributed by atoms with van der Waals surface area (Å²) in [4.78, 5) is 36.9. The molecule has 2 amide bonds. The quantitative estimate of drug-likeness (QED) is 0.355. The number of rotatable bonds is 5. The summed E-state index contributed by atoms with van der Waals surface area (Å²) < 4.78 is 3.39. The van der Waals surface area contributed by atoms with E-state index in [1.807, 2.05) is 58.0 Å². The van der Waals surface area contributed by atoms with Gasteiger partial charge in [-0.05, 0) is 69.5 Å². The Morgan fingerprint density at radius 2 is 1.75 bits per heavy atom. The molecule has 3 aromatic heterocycles. The Kier molecular flexibility index (Phi) is 6.17. The molecule has 0 radical (unpaired) electrons. The molecule has 1 aliphatic rings. The first-order valence-corrected chi connectivity index (χ1v) is 13.2. The molecule has 1 saturated heterocycles. The molecule has 1 atom stereocenters. The number of amides is 2. The number of aryl methyl sites for hydroxylation is 5. The van der Waals surface area contributed by atoms with Crippen molar-refractivity contribution in [2.75, 3.05) is 16.8 Å². The molecule has 1 aliphatic heterocycles. The molecule has 40 heavy (non-hydrogen) atoms. The van der Waals surface area contributed by atoms with Crippen molar-refractivity contribution in [2.24, 2.45) is 5.92 Å². The summed E-state index contributed by atoms with van der Waals surface area (Å²) in [5.41, 5.74) is 7.59. The van der Waals surface area contributed by atoms with Crippen LogP contribution in [0.3, 0.4) is 0 Å². The molecule has 0 spiro atoms. The average Bonchev–Trinajstić information content (AvgIpc) is 3.62. The lowest BCUT2D eigenvalue weighted by Crippen LogP contribution is -2.28. The van der Waals surface area contributed by atoms with E-state index in [1.165, 1.54) is 11.9 Å². The van der Waals surface area contributed by atoms with Crippen LogP contribution in [0.15, 0.2) is 55.0 Å². The molecular formula is C30H30N8O2. The number of carbonyl (C=O) groups excluding carboxylic acids is 2. The van der Waals surface area contributed by atoms with E-state index in [1.54, 1.807) is 26.5 Å². The van der Waals surface area contributed by atoms with Crippen LogP contribution >= 0.6 is 0 Å². The van der Waals surface area contributed by atoms with E-state index in [4.69, 9.17) is 0 Å². The van der Waals surface area contributed by atoms with Crippen molar-refractivity contribution in [1.82, 2.24) is 29.5 Å². The van der Waals surface area contributed by atoms with Gasteiger partial charge in [-0.2, -0.15) is 14.9 Å². The number of anilines is 2. The van der Waals surface area contributed by atoms with Gasteiger partial charge in [0.1, 0.15) is 12.1 Å². The molecule has 4 heterocycles. The third-order valence-electron chi connectivity index (χ3n) is 7.51. The largest absolute Gasteiger partial charge is 0.312 e. The van der Waals surface area contributed by atoms with Gasteiger partial charge < -0.3 is 10.2 Å². The fraction of sp³-hybridized carbons (Fsp3) is 0.267. The summed E-state index contributed by atoms with van der Waals surface area (Å²) in [5, 5.41) is 12.9. The Morgan fingerprint density at radius 3 is 2.52 bits per heavy atom. The molecule has 0 bridgehead atoms. The zero-order valence-electron chi connectivity index (χ0n) is 23.1. The van der Waals surface area contributed by atoms with Crippen LogP contribution in [-0.4, -0.2) is 47.9 Å². The van der Waals surface area contributed by atoms with Crippen molar-refractivity contribution in [2.45, 2.75) is 41.0 Å². The number of benzene rings is 2. The molecule has 10 nitrogen and oxygen atoms in total. The first-order chi connectivity index (χ1) is 19.2. The third kappa shape index (κ3) is 4.41. The minimum absolute atomic E-state index is 0.0654. The summed E-state index contributed by atoms with van der Waals surface area (Å²) in [7, 11) is 0. The maximum Gasteiger partial charge on any atom is 0.230 e. The highest BCUT2D eigenvalue weighted by atomic mass is 16.2. The van der Waals surface area contributed by atoms with E-state index < -0.39 is 5.92 Å². The molecule has 1 fully saturated rings. The van der Waals surface area contributed by atoms with E-state index in [-0.39, 0.29) is 18.2 Å². The van der Waals surface area contributed by atoms with Crippen molar-refractivity contribution in [3.63, 3.8) is 0 Å². The van der Waals surface area contributed by atoms with Gasteiger partial charge in [0.05, 0.1) is 28.9 Å². The summed E-state index contributed by atoms with van der Waals surface area (Å²) in [6.45, 7) is 10.3. The van der Waals surface area contributed by atoms with Crippen LogP contribution in [0.25, 0.3) is 22.5 Å². The average molecular weight is 535 g/mol. The number of nitrogens with zero attached hydrogens (tertiary/aromatic N) is 7. The van der Waals surface area contributed by atoms with E-state index in [0.717, 1.165) is 28.1 Å². The molecule has 5 aromatic rings. The van der Waals surface area contributed by atoms with E-state index >= 15 is 0 Å². The lowest BCUT2D eigenvalue weighted by Gasteiger charge is -2.18. The number of hydrogen-bond donors (Lipinski definition) is 1. The van der Waals surface area contributed by atoms with Crippen LogP contribution in [0.2, 0.25) is 0 Å². The summed E-state index contributed by atoms with van der Waals surface area (Å²) >= 11 is 0. The first kappa shape index (κ1) is 25.4. The lowest BCUT2D eigenvalue weighted by molar-refractivity contribution is -0.122. The van der Waals surface area contributed by atoms with Crippen molar-refractivity contribution >= 4 is 34.4 Å². The molecule has 1 unspecified atom stereocenters. The summed E-state index contributed by atoms with van der Waals surface area (Å²) in [6, 6.07) is 13.9. The molecule has 0 saturated carbocycles. The van der Waals surface area contributed by atoms with E-state index in [2.05, 4.69) is 38.5 Å². The van der Waals surface area contributed by atoms with Crippen LogP contribution in [0.5, 0.6) is 0 Å². The normalized spacial score (nSPS) is 15.3. The third-order valence-corrected chi connectivity index (χ3v) is 7.51. The molecule has 6 rings (SSSR count). The Labute approximate surface area is 231 Å². The molecule has 2 aromatic carbocycles. The predicted octanol–water partition coefficient (Wildman–Crippen LogP) is 4.53. The highest BCUT2D eigenvalue weighted by Crippen LogP contribution is 2.29. The highest BCUT2D eigenvalue weighted by Gasteiger charge is 2.35. The maximum absolute atomic E-state index is 13.4. The van der Waals surface area contributed by atoms with Crippen LogP contribution in [-0.2, 0) is 9.59 Å². The van der Waals surface area contributed by atoms with Crippen molar-refractivity contribution in [1.29, 1.82) is 0 Å². The van der Waals surface area contributed by atoms with Crippen LogP contribution in [0.4, 0.5) is 11.5 Å². The van der Waals surface area contributed by atoms with Gasteiger partial charge in [-0.15, -0.1) is 0 Å². The van der Waals surface area contributed by atoms with Crippen molar-refractivity contribution < 1.29 is 9.59 Å². The van der Waals surface area contributed by atoms with Crippen molar-refractivity contribution in [3.8, 4) is 11.5 Å². The Hall–Kier alpha value is -4.86. The number of nitrogens with one attached hydrogen (secondary N) is 1. The predicted molar refractivity (Wildman–Crippen MR) is 153 cm³/mol. The minimum atomic E-state index is -0.490. The number of fused-ring (bicyclic) bond motifs is 1. The Balaban J connectivity index is 1.29. The lowest BCUT2D eigenvalue weighted by atomic mass is 10.1. The molecule has 10 heteroatoms. The van der Waals surface area contributed by atoms with Crippen LogP contribution in [0, 0.1) is 40.5 Å². The van der Waals surface area contributed by atoms with E-state index in [9.17, 15) is 9.59 Å². The van der Waals surface area contributed by atoms with Gasteiger partial charge in [-0.1, -0.05) is 23.8 Å². The number of aromatic nitrogens is 6. The zero-order valence-corrected chi connectivity index (χ0v) is 23.1. The monoisotopic (exact) mass is 534 g/mol. The van der Waals surface area contributed by atoms with Crippen LogP contribution < -0.4 is 10.2 Å². The van der Waals surface area contributed by atoms with Gasteiger partial charge >= 0.3 is 0 Å². The van der Waals surface area contributed by atoms with Gasteiger partial charge in [-0.3, -0.25) is 9.59 Å². The smallest absolute Gasteiger partial charge is 0.230 e. The first-order valence-electron chi connectivity index (χ1n) is 13.2. The SMILES string of the molecule is Cc1ccc(-n2ncc3c(-n4nc(C)cc4NC(=O)C4CC(=O)N(c5ccc(C)c(C)c5)C4)ncnc32)c(C)c1. The van der Waals surface area contributed by atoms with Gasteiger partial charge in [0.2, 0.25) is 11.8 Å². The fourth-order valence-electron chi connectivity index (χ4n) is 5.22. The Bertz CT molecular complexity index is 1800. The Morgan fingerprint density at radius 1 is 0.925 bits per heavy atom. The number of hydrogen-bond acceptors (Lipinski definition) is 6. The minimum Gasteiger partial charge on any atom is -0.312 e. The zero-order chi connectivity index (χ0) is 28.1. The van der Waals surface area contributed by atoms with Crippen molar-refractivity contribution in [3.05, 3.63) is 82.9 Å².